The van der Waals surface area contributed by atoms with Gasteiger partial charge in [-0.25, -0.2) is 4.39 Å². The molecule has 1 heterocycles. The maximum Gasteiger partial charge on any atom is 0.124 e. The molecule has 0 aliphatic carbocycles. The summed E-state index contributed by atoms with van der Waals surface area (Å²) < 4.78 is 13.4. The summed E-state index contributed by atoms with van der Waals surface area (Å²) in [4.78, 5) is 2.12. The molecule has 0 N–H and O–H groups in total. The van der Waals surface area contributed by atoms with Crippen molar-refractivity contribution in [2.24, 2.45) is 0 Å². The Morgan fingerprint density at radius 2 is 1.95 bits per heavy atom. The minimum atomic E-state index is -0.190. The molecule has 0 fully saturated rings. The zero-order valence-corrected chi connectivity index (χ0v) is 13.1. The molecule has 0 radical (unpaired) electrons. The molecule has 0 amide bonds. The summed E-state index contributed by atoms with van der Waals surface area (Å²) in [6, 6.07) is 11.4. The molecule has 0 spiro atoms. The predicted octanol–water partition coefficient (Wildman–Crippen LogP) is 5.94. The van der Waals surface area contributed by atoms with Crippen molar-refractivity contribution in [2.75, 3.05) is 0 Å². The quantitative estimate of drug-likeness (QED) is 0.588. The normalized spacial score (nSPS) is 17.6. The lowest BCUT2D eigenvalue weighted by atomic mass is 9.97. The lowest BCUT2D eigenvalue weighted by molar-refractivity contribution is 0.622. The van der Waals surface area contributed by atoms with Gasteiger partial charge in [-0.2, -0.15) is 0 Å². The summed E-state index contributed by atoms with van der Waals surface area (Å²) in [5, 5.41) is -0.0529. The van der Waals surface area contributed by atoms with Gasteiger partial charge in [0.15, 0.2) is 0 Å². The predicted molar refractivity (Wildman–Crippen MR) is 83.4 cm³/mol. The number of hydrogen-bond donors (Lipinski definition) is 0. The molecule has 3 heteroatoms. The Morgan fingerprint density at radius 1 is 1.15 bits per heavy atom. The molecule has 104 valence electrons. The second-order valence-electron chi connectivity index (χ2n) is 5.48. The first-order valence-corrected chi connectivity index (χ1v) is 8.04. The highest BCUT2D eigenvalue weighted by Gasteiger charge is 2.22. The van der Waals surface area contributed by atoms with Crippen molar-refractivity contribution in [3.63, 3.8) is 0 Å². The van der Waals surface area contributed by atoms with Gasteiger partial charge in [0.2, 0.25) is 0 Å². The smallest absolute Gasteiger partial charge is 0.124 e. The van der Waals surface area contributed by atoms with Crippen molar-refractivity contribution in [3.05, 3.63) is 58.9 Å². The van der Waals surface area contributed by atoms with Crippen molar-refractivity contribution in [2.45, 2.75) is 41.4 Å². The second-order valence-corrected chi connectivity index (χ2v) is 7.09. The van der Waals surface area contributed by atoms with Crippen LogP contribution in [0.2, 0.25) is 0 Å². The first-order chi connectivity index (χ1) is 9.54. The van der Waals surface area contributed by atoms with Gasteiger partial charge in [0.05, 0.1) is 5.38 Å². The number of halogens is 2. The van der Waals surface area contributed by atoms with Crippen LogP contribution in [0.5, 0.6) is 0 Å². The highest BCUT2D eigenvalue weighted by atomic mass is 35.5. The van der Waals surface area contributed by atoms with Crippen molar-refractivity contribution in [3.8, 4) is 0 Å². The van der Waals surface area contributed by atoms with Crippen LogP contribution >= 0.6 is 23.4 Å². The summed E-state index contributed by atoms with van der Waals surface area (Å²) in [5.41, 5.74) is 3.59. The topological polar surface area (TPSA) is 0 Å². The Kier molecular flexibility index (Phi) is 3.78. The molecule has 2 aromatic carbocycles. The van der Waals surface area contributed by atoms with E-state index in [1.807, 2.05) is 6.07 Å². The molecule has 0 bridgehead atoms. The van der Waals surface area contributed by atoms with E-state index in [9.17, 15) is 4.39 Å². The standard InChI is InChI=1S/C17H16ClFS/c1-10(2)11-4-6-16-14(7-11)15(18)8-12-3-5-13(19)9-17(12)20-16/h3-7,9-10,15H,8H2,1-2H3. The Morgan fingerprint density at radius 3 is 2.70 bits per heavy atom. The Hall–Kier alpha value is -0.990. The van der Waals surface area contributed by atoms with Gasteiger partial charge in [0.1, 0.15) is 5.82 Å². The first-order valence-electron chi connectivity index (χ1n) is 6.79. The Bertz CT molecular complexity index is 651. The summed E-state index contributed by atoms with van der Waals surface area (Å²) in [6.45, 7) is 4.36. The molecule has 20 heavy (non-hydrogen) atoms. The van der Waals surface area contributed by atoms with Crippen LogP contribution in [0.15, 0.2) is 46.2 Å². The average Bonchev–Trinajstić information content (AvgIpc) is 2.54. The van der Waals surface area contributed by atoms with E-state index in [1.54, 1.807) is 17.8 Å². The van der Waals surface area contributed by atoms with Gasteiger partial charge in [-0.05, 0) is 47.2 Å². The highest BCUT2D eigenvalue weighted by molar-refractivity contribution is 7.99. The van der Waals surface area contributed by atoms with E-state index < -0.39 is 0 Å². The number of hydrogen-bond acceptors (Lipinski definition) is 1. The van der Waals surface area contributed by atoms with Gasteiger partial charge in [-0.15, -0.1) is 11.6 Å². The van der Waals surface area contributed by atoms with Crippen molar-refractivity contribution in [1.82, 2.24) is 0 Å². The zero-order valence-electron chi connectivity index (χ0n) is 11.5. The monoisotopic (exact) mass is 306 g/mol. The van der Waals surface area contributed by atoms with Gasteiger partial charge in [0, 0.05) is 9.79 Å². The summed E-state index contributed by atoms with van der Waals surface area (Å²) in [6.07, 6.45) is 0.749. The van der Waals surface area contributed by atoms with E-state index in [2.05, 4.69) is 32.0 Å². The van der Waals surface area contributed by atoms with Gasteiger partial charge in [0.25, 0.3) is 0 Å². The SMILES string of the molecule is CC(C)c1ccc2c(c1)C(Cl)Cc1ccc(F)cc1S2. The lowest BCUT2D eigenvalue weighted by Crippen LogP contribution is -1.98. The van der Waals surface area contributed by atoms with Gasteiger partial charge in [-0.1, -0.05) is 43.8 Å². The second kappa shape index (κ2) is 5.42. The van der Waals surface area contributed by atoms with Crippen LogP contribution in [0.3, 0.4) is 0 Å². The van der Waals surface area contributed by atoms with Crippen LogP contribution in [0.25, 0.3) is 0 Å². The van der Waals surface area contributed by atoms with Crippen LogP contribution in [0, 0.1) is 5.82 Å². The third kappa shape index (κ3) is 2.59. The van der Waals surface area contributed by atoms with Crippen LogP contribution < -0.4 is 0 Å². The molecular weight excluding hydrogens is 291 g/mol. The highest BCUT2D eigenvalue weighted by Crippen LogP contribution is 2.44. The molecule has 1 aliphatic heterocycles. The molecule has 0 saturated heterocycles. The van der Waals surface area contributed by atoms with E-state index in [4.69, 9.17) is 11.6 Å². The summed E-state index contributed by atoms with van der Waals surface area (Å²) >= 11 is 8.21. The van der Waals surface area contributed by atoms with Crippen LogP contribution in [-0.4, -0.2) is 0 Å². The fourth-order valence-electron chi connectivity index (χ4n) is 2.48. The molecule has 1 atom stereocenters. The van der Waals surface area contributed by atoms with E-state index in [0.717, 1.165) is 21.8 Å². The maximum absolute atomic E-state index is 13.4. The number of benzene rings is 2. The van der Waals surface area contributed by atoms with Crippen molar-refractivity contribution < 1.29 is 4.39 Å². The zero-order chi connectivity index (χ0) is 14.3. The minimum Gasteiger partial charge on any atom is -0.207 e. The number of rotatable bonds is 1. The van der Waals surface area contributed by atoms with E-state index >= 15 is 0 Å². The average molecular weight is 307 g/mol. The molecule has 0 aromatic heterocycles. The number of fused-ring (bicyclic) bond motifs is 2. The van der Waals surface area contributed by atoms with E-state index in [1.165, 1.54) is 17.2 Å². The Balaban J connectivity index is 2.08. The molecule has 0 saturated carbocycles. The van der Waals surface area contributed by atoms with Gasteiger partial charge < -0.3 is 0 Å². The largest absolute Gasteiger partial charge is 0.207 e. The minimum absolute atomic E-state index is 0.0529. The van der Waals surface area contributed by atoms with E-state index in [-0.39, 0.29) is 11.2 Å². The van der Waals surface area contributed by atoms with Crippen LogP contribution in [-0.2, 0) is 6.42 Å². The third-order valence-corrected chi connectivity index (χ3v) is 5.27. The van der Waals surface area contributed by atoms with Crippen molar-refractivity contribution >= 4 is 23.4 Å². The Labute approximate surface area is 128 Å². The number of alkyl halides is 1. The first kappa shape index (κ1) is 14.0. The molecule has 2 aromatic rings. The van der Waals surface area contributed by atoms with Crippen LogP contribution in [0.4, 0.5) is 4.39 Å². The summed E-state index contributed by atoms with van der Waals surface area (Å²) in [5.74, 6) is 0.293. The maximum atomic E-state index is 13.4. The van der Waals surface area contributed by atoms with Crippen molar-refractivity contribution in [1.29, 1.82) is 0 Å². The fraction of sp³-hybridized carbons (Fsp3) is 0.294. The van der Waals surface area contributed by atoms with E-state index in [0.29, 0.717) is 5.92 Å². The molecule has 1 aliphatic rings. The molecule has 3 rings (SSSR count). The van der Waals surface area contributed by atoms with Gasteiger partial charge >= 0.3 is 0 Å². The third-order valence-electron chi connectivity index (χ3n) is 3.69. The fourth-order valence-corrected chi connectivity index (χ4v) is 4.03. The lowest BCUT2D eigenvalue weighted by Gasteiger charge is -2.14. The summed E-state index contributed by atoms with van der Waals surface area (Å²) in [7, 11) is 0. The molecule has 0 nitrogen and oxygen atoms in total. The van der Waals surface area contributed by atoms with Crippen LogP contribution in [0.1, 0.15) is 41.8 Å². The van der Waals surface area contributed by atoms with Gasteiger partial charge in [-0.3, -0.25) is 0 Å². The molecular formula is C17H16ClFS. The molecule has 1 unspecified atom stereocenters.